The number of methoxy groups -OCH3 is 1. The minimum absolute atomic E-state index is 0.208. The second-order valence-corrected chi connectivity index (χ2v) is 7.57. The number of hydrogen-bond donors (Lipinski definition) is 0. The van der Waals surface area contributed by atoms with Gasteiger partial charge in [0.25, 0.3) is 0 Å². The fraction of sp³-hybridized carbons (Fsp3) is 0.375. The average Bonchev–Trinajstić information content (AvgIpc) is 3.17. The normalized spacial score (nSPS) is 18.2. The van der Waals surface area contributed by atoms with Crippen LogP contribution in [0.2, 0.25) is 0 Å². The molecule has 1 amide bonds. The maximum Gasteiger partial charge on any atom is 0.321 e. The van der Waals surface area contributed by atoms with Gasteiger partial charge in [-0.2, -0.15) is 0 Å². The Morgan fingerprint density at radius 2 is 1.94 bits per heavy atom. The average molecular weight is 421 g/mol. The van der Waals surface area contributed by atoms with Crippen molar-refractivity contribution in [3.05, 3.63) is 54.1 Å². The molecular weight excluding hydrogens is 394 g/mol. The molecule has 0 radical (unpaired) electrons. The van der Waals surface area contributed by atoms with E-state index in [9.17, 15) is 9.59 Å². The van der Waals surface area contributed by atoms with E-state index in [-0.39, 0.29) is 12.5 Å². The number of para-hydroxylation sites is 2. The molecule has 7 heteroatoms. The second kappa shape index (κ2) is 8.79. The molecule has 0 saturated heterocycles. The Morgan fingerprint density at radius 1 is 1.13 bits per heavy atom. The van der Waals surface area contributed by atoms with Gasteiger partial charge in [-0.3, -0.25) is 14.5 Å². The van der Waals surface area contributed by atoms with Gasteiger partial charge in [-0.25, -0.2) is 4.98 Å². The molecule has 0 saturated carbocycles. The van der Waals surface area contributed by atoms with Gasteiger partial charge < -0.3 is 14.0 Å². The van der Waals surface area contributed by atoms with E-state index in [0.717, 1.165) is 29.4 Å². The summed E-state index contributed by atoms with van der Waals surface area (Å²) in [5.41, 5.74) is 2.45. The predicted octanol–water partition coefficient (Wildman–Crippen LogP) is 3.96. The number of ether oxygens (including phenoxy) is 2. The smallest absolute Gasteiger partial charge is 0.321 e. The van der Waals surface area contributed by atoms with E-state index in [1.54, 1.807) is 18.9 Å². The quantitative estimate of drug-likeness (QED) is 0.426. The van der Waals surface area contributed by atoms with Crippen LogP contribution in [0.25, 0.3) is 11.0 Å². The first-order valence-electron chi connectivity index (χ1n) is 10.7. The highest BCUT2D eigenvalue weighted by atomic mass is 16.5. The zero-order valence-electron chi connectivity index (χ0n) is 18.1. The minimum atomic E-state index is -1.01. The number of nitrogens with zero attached hydrogens (tertiary/aromatic N) is 3. The topological polar surface area (TPSA) is 73.7 Å². The first kappa shape index (κ1) is 20.9. The highest BCUT2D eigenvalue weighted by Crippen LogP contribution is 2.42. The zero-order chi connectivity index (χ0) is 22.0. The van der Waals surface area contributed by atoms with Crippen molar-refractivity contribution in [2.45, 2.75) is 32.7 Å². The number of unbranched alkanes of at least 4 members (excludes halogenated alkanes) is 1. The summed E-state index contributed by atoms with van der Waals surface area (Å²) < 4.78 is 12.8. The number of aromatic nitrogens is 2. The molecule has 3 aromatic rings. The monoisotopic (exact) mass is 421 g/mol. The van der Waals surface area contributed by atoms with Gasteiger partial charge in [0.15, 0.2) is 5.92 Å². The summed E-state index contributed by atoms with van der Waals surface area (Å²) in [5.74, 6) is -0.582. The summed E-state index contributed by atoms with van der Waals surface area (Å²) >= 11 is 0. The molecule has 0 bridgehead atoms. The molecule has 0 unspecified atom stereocenters. The first-order valence-corrected chi connectivity index (χ1v) is 10.7. The van der Waals surface area contributed by atoms with E-state index in [2.05, 4.69) is 6.92 Å². The SMILES string of the molecule is CCCCN1C(=O)[C@H](C(=O)OCC)[C@@H](c2cccc(OC)c2)n2c1nc1ccccc12. The molecule has 1 aliphatic rings. The van der Waals surface area contributed by atoms with Crippen molar-refractivity contribution in [2.75, 3.05) is 25.2 Å². The number of anilines is 1. The summed E-state index contributed by atoms with van der Waals surface area (Å²) in [6, 6.07) is 14.6. The van der Waals surface area contributed by atoms with E-state index in [4.69, 9.17) is 14.5 Å². The van der Waals surface area contributed by atoms with Crippen molar-refractivity contribution in [3.63, 3.8) is 0 Å². The van der Waals surface area contributed by atoms with Gasteiger partial charge in [0, 0.05) is 6.54 Å². The van der Waals surface area contributed by atoms with Gasteiger partial charge in [0.2, 0.25) is 11.9 Å². The molecule has 1 aliphatic heterocycles. The van der Waals surface area contributed by atoms with Gasteiger partial charge in [-0.05, 0) is 43.2 Å². The van der Waals surface area contributed by atoms with Gasteiger partial charge in [0.05, 0.1) is 30.8 Å². The minimum Gasteiger partial charge on any atom is -0.497 e. The van der Waals surface area contributed by atoms with Crippen molar-refractivity contribution in [1.82, 2.24) is 9.55 Å². The number of rotatable bonds is 7. The van der Waals surface area contributed by atoms with E-state index >= 15 is 0 Å². The number of carbonyl (C=O) groups is 2. The zero-order valence-corrected chi connectivity index (χ0v) is 18.1. The van der Waals surface area contributed by atoms with Crippen LogP contribution in [-0.4, -0.2) is 41.7 Å². The summed E-state index contributed by atoms with van der Waals surface area (Å²) in [4.78, 5) is 33.2. The van der Waals surface area contributed by atoms with Crippen LogP contribution in [0.15, 0.2) is 48.5 Å². The lowest BCUT2D eigenvalue weighted by atomic mass is 9.89. The van der Waals surface area contributed by atoms with Crippen LogP contribution >= 0.6 is 0 Å². The Bertz CT molecular complexity index is 1110. The van der Waals surface area contributed by atoms with E-state index < -0.39 is 17.9 Å². The third-order valence-electron chi connectivity index (χ3n) is 5.66. The molecule has 2 aromatic carbocycles. The number of benzene rings is 2. The molecular formula is C24H27N3O4. The molecule has 162 valence electrons. The molecule has 0 spiro atoms. The third-order valence-corrected chi connectivity index (χ3v) is 5.66. The van der Waals surface area contributed by atoms with Crippen LogP contribution < -0.4 is 9.64 Å². The van der Waals surface area contributed by atoms with Gasteiger partial charge in [-0.1, -0.05) is 37.6 Å². The fourth-order valence-electron chi connectivity index (χ4n) is 4.20. The number of amides is 1. The lowest BCUT2D eigenvalue weighted by Gasteiger charge is -2.38. The van der Waals surface area contributed by atoms with Gasteiger partial charge in [0.1, 0.15) is 5.75 Å². The van der Waals surface area contributed by atoms with Crippen LogP contribution in [0.1, 0.15) is 38.3 Å². The second-order valence-electron chi connectivity index (χ2n) is 7.57. The van der Waals surface area contributed by atoms with Crippen molar-refractivity contribution in [3.8, 4) is 5.75 Å². The van der Waals surface area contributed by atoms with Crippen molar-refractivity contribution in [2.24, 2.45) is 5.92 Å². The van der Waals surface area contributed by atoms with Crippen molar-refractivity contribution in [1.29, 1.82) is 0 Å². The number of imidazole rings is 1. The Labute approximate surface area is 181 Å². The standard InChI is InChI=1S/C24H27N3O4/c1-4-6-14-26-22(28)20(23(29)31-5-2)21(16-10-9-11-17(15-16)30-3)27-19-13-8-7-12-18(19)25-24(26)27/h7-13,15,20-21H,4-6,14H2,1-3H3/t20-,21-/m1/s1. The van der Waals surface area contributed by atoms with Crippen LogP contribution in [-0.2, 0) is 14.3 Å². The summed E-state index contributed by atoms with van der Waals surface area (Å²) in [6.45, 7) is 4.53. The number of esters is 1. The van der Waals surface area contributed by atoms with Crippen LogP contribution in [0.4, 0.5) is 5.95 Å². The Balaban J connectivity index is 1.98. The number of hydrogen-bond acceptors (Lipinski definition) is 5. The van der Waals surface area contributed by atoms with Crippen molar-refractivity contribution < 1.29 is 19.1 Å². The Hall–Kier alpha value is -3.35. The molecule has 0 N–H and O–H groups in total. The summed E-state index contributed by atoms with van der Waals surface area (Å²) in [5, 5.41) is 0. The van der Waals surface area contributed by atoms with Gasteiger partial charge in [-0.15, -0.1) is 0 Å². The molecule has 2 heterocycles. The van der Waals surface area contributed by atoms with E-state index in [1.165, 1.54) is 0 Å². The lowest BCUT2D eigenvalue weighted by molar-refractivity contribution is -0.153. The summed E-state index contributed by atoms with van der Waals surface area (Å²) in [6.07, 6.45) is 1.74. The van der Waals surface area contributed by atoms with Crippen LogP contribution in [0, 0.1) is 5.92 Å². The maximum atomic E-state index is 13.7. The van der Waals surface area contributed by atoms with E-state index in [0.29, 0.717) is 18.2 Å². The molecule has 31 heavy (non-hydrogen) atoms. The van der Waals surface area contributed by atoms with Crippen LogP contribution in [0.3, 0.4) is 0 Å². The Kier molecular flexibility index (Phi) is 5.93. The molecule has 4 rings (SSSR count). The molecule has 0 aliphatic carbocycles. The highest BCUT2D eigenvalue weighted by Gasteiger charge is 2.47. The molecule has 7 nitrogen and oxygen atoms in total. The Morgan fingerprint density at radius 3 is 2.68 bits per heavy atom. The predicted molar refractivity (Wildman–Crippen MR) is 118 cm³/mol. The fourth-order valence-corrected chi connectivity index (χ4v) is 4.20. The largest absolute Gasteiger partial charge is 0.497 e. The van der Waals surface area contributed by atoms with Crippen molar-refractivity contribution >= 4 is 28.9 Å². The summed E-state index contributed by atoms with van der Waals surface area (Å²) in [7, 11) is 1.60. The number of fused-ring (bicyclic) bond motifs is 3. The van der Waals surface area contributed by atoms with E-state index in [1.807, 2.05) is 53.1 Å². The highest BCUT2D eigenvalue weighted by molar-refractivity contribution is 6.08. The van der Waals surface area contributed by atoms with Crippen LogP contribution in [0.5, 0.6) is 5.75 Å². The maximum absolute atomic E-state index is 13.7. The molecule has 2 atom stereocenters. The first-order chi connectivity index (χ1) is 15.1. The van der Waals surface area contributed by atoms with Gasteiger partial charge >= 0.3 is 5.97 Å². The third kappa shape index (κ3) is 3.65. The molecule has 0 fully saturated rings. The molecule has 1 aromatic heterocycles. The number of carbonyl (C=O) groups excluding carboxylic acids is 2. The lowest BCUT2D eigenvalue weighted by Crippen LogP contribution is -2.50.